The average Bonchev–Trinajstić information content (AvgIpc) is 2.45. The van der Waals surface area contributed by atoms with E-state index in [2.05, 4.69) is 20.9 Å². The van der Waals surface area contributed by atoms with Crippen LogP contribution in [-0.2, 0) is 9.47 Å². The molecule has 1 N–H and O–H groups in total. The molecule has 0 saturated carbocycles. The molecule has 0 unspecified atom stereocenters. The molecule has 1 saturated heterocycles. The van der Waals surface area contributed by atoms with E-state index in [0.29, 0.717) is 36.5 Å². The molecule has 20 heavy (non-hydrogen) atoms. The first kappa shape index (κ1) is 15.2. The predicted molar refractivity (Wildman–Crippen MR) is 77.1 cm³/mol. The molecule has 2 heterocycles. The molecule has 1 aromatic heterocycles. The van der Waals surface area contributed by atoms with Crippen molar-refractivity contribution in [3.8, 4) is 0 Å². The number of rotatable bonds is 4. The summed E-state index contributed by atoms with van der Waals surface area (Å²) >= 11 is 3.25. The molecule has 1 fully saturated rings. The fourth-order valence-corrected chi connectivity index (χ4v) is 2.59. The van der Waals surface area contributed by atoms with Gasteiger partial charge in [-0.2, -0.15) is 0 Å². The number of carboxylic acid groups (broad SMARTS) is 1. The van der Waals surface area contributed by atoms with Crippen molar-refractivity contribution in [1.29, 1.82) is 0 Å². The van der Waals surface area contributed by atoms with Gasteiger partial charge in [-0.1, -0.05) is 6.07 Å². The van der Waals surface area contributed by atoms with E-state index in [1.54, 1.807) is 25.3 Å². The van der Waals surface area contributed by atoms with E-state index in [9.17, 15) is 9.90 Å². The topological polar surface area (TPSA) is 71.9 Å². The van der Waals surface area contributed by atoms with E-state index in [4.69, 9.17) is 9.47 Å². The summed E-state index contributed by atoms with van der Waals surface area (Å²) < 4.78 is 11.5. The molecular weight excluding hydrogens is 328 g/mol. The molecule has 0 aliphatic carbocycles. The Kier molecular flexibility index (Phi) is 4.95. The van der Waals surface area contributed by atoms with Crippen LogP contribution in [0.25, 0.3) is 0 Å². The smallest absolute Gasteiger partial charge is 0.413 e. The van der Waals surface area contributed by atoms with Gasteiger partial charge in [0.25, 0.3) is 0 Å². The summed E-state index contributed by atoms with van der Waals surface area (Å²) in [6, 6.07) is 5.18. The lowest BCUT2D eigenvalue weighted by Gasteiger charge is -2.38. The van der Waals surface area contributed by atoms with Crippen LogP contribution in [0.15, 0.2) is 22.8 Å². The highest BCUT2D eigenvalue weighted by atomic mass is 79.9. The number of hydrogen-bond acceptors (Lipinski definition) is 4. The molecule has 0 bridgehead atoms. The predicted octanol–water partition coefficient (Wildman–Crippen LogP) is 2.52. The Hall–Kier alpha value is -1.18. The average molecular weight is 345 g/mol. The number of carbonyl (C=O) groups is 1. The Morgan fingerprint density at radius 3 is 2.80 bits per heavy atom. The van der Waals surface area contributed by atoms with Crippen LogP contribution in [0.1, 0.15) is 12.8 Å². The van der Waals surface area contributed by atoms with Gasteiger partial charge in [0.1, 0.15) is 10.4 Å². The number of pyridine rings is 1. The summed E-state index contributed by atoms with van der Waals surface area (Å²) in [5, 5.41) is 9.44. The SMILES string of the molecule is COC1(CN(C(=O)O)c2cccc(Br)n2)CCOCC1. The second-order valence-corrected chi connectivity index (χ2v) is 5.50. The van der Waals surface area contributed by atoms with Gasteiger partial charge < -0.3 is 14.6 Å². The monoisotopic (exact) mass is 344 g/mol. The second kappa shape index (κ2) is 6.51. The zero-order valence-corrected chi connectivity index (χ0v) is 12.8. The number of amides is 1. The molecule has 2 rings (SSSR count). The third kappa shape index (κ3) is 3.47. The van der Waals surface area contributed by atoms with E-state index < -0.39 is 11.7 Å². The van der Waals surface area contributed by atoms with Crippen molar-refractivity contribution >= 4 is 27.8 Å². The number of halogens is 1. The molecule has 1 aliphatic rings. The molecule has 110 valence electrons. The lowest BCUT2D eigenvalue weighted by Crippen LogP contribution is -2.50. The van der Waals surface area contributed by atoms with Gasteiger partial charge in [0, 0.05) is 33.2 Å². The maximum atomic E-state index is 11.5. The summed E-state index contributed by atoms with van der Waals surface area (Å²) in [5.41, 5.74) is -0.513. The maximum absolute atomic E-state index is 11.5. The molecule has 1 aliphatic heterocycles. The highest BCUT2D eigenvalue weighted by Gasteiger charge is 2.36. The fourth-order valence-electron chi connectivity index (χ4n) is 2.25. The quantitative estimate of drug-likeness (QED) is 0.849. The standard InChI is InChI=1S/C13H17BrN2O4/c1-19-13(5-7-20-8-6-13)9-16(12(17)18)11-4-2-3-10(14)15-11/h2-4H,5-9H2,1H3,(H,17,18). The van der Waals surface area contributed by atoms with Gasteiger partial charge in [-0.15, -0.1) is 0 Å². The van der Waals surface area contributed by atoms with Crippen LogP contribution >= 0.6 is 15.9 Å². The molecule has 0 radical (unpaired) electrons. The highest BCUT2D eigenvalue weighted by molar-refractivity contribution is 9.10. The first-order valence-electron chi connectivity index (χ1n) is 6.32. The molecule has 1 amide bonds. The van der Waals surface area contributed by atoms with E-state index in [0.717, 1.165) is 0 Å². The normalized spacial score (nSPS) is 17.7. The van der Waals surface area contributed by atoms with E-state index in [-0.39, 0.29) is 6.54 Å². The molecule has 7 heteroatoms. The fraction of sp³-hybridized carbons (Fsp3) is 0.538. The van der Waals surface area contributed by atoms with E-state index in [1.165, 1.54) is 4.90 Å². The third-order valence-electron chi connectivity index (χ3n) is 3.49. The Balaban J connectivity index is 2.23. The first-order chi connectivity index (χ1) is 9.56. The Labute approximate surface area is 125 Å². The number of anilines is 1. The number of ether oxygens (including phenoxy) is 2. The maximum Gasteiger partial charge on any atom is 0.413 e. The van der Waals surface area contributed by atoms with Crippen LogP contribution in [0.2, 0.25) is 0 Å². The van der Waals surface area contributed by atoms with Crippen molar-refractivity contribution < 1.29 is 19.4 Å². The zero-order chi connectivity index (χ0) is 14.6. The van der Waals surface area contributed by atoms with Gasteiger partial charge in [-0.3, -0.25) is 4.90 Å². The number of hydrogen-bond donors (Lipinski definition) is 1. The number of methoxy groups -OCH3 is 1. The summed E-state index contributed by atoms with van der Waals surface area (Å²) in [6.07, 6.45) is 0.293. The molecular formula is C13H17BrN2O4. The number of aromatic nitrogens is 1. The Morgan fingerprint density at radius 1 is 1.55 bits per heavy atom. The van der Waals surface area contributed by atoms with Crippen molar-refractivity contribution in [1.82, 2.24) is 4.98 Å². The van der Waals surface area contributed by atoms with Crippen molar-refractivity contribution in [2.45, 2.75) is 18.4 Å². The van der Waals surface area contributed by atoms with Crippen molar-refractivity contribution in [3.63, 3.8) is 0 Å². The second-order valence-electron chi connectivity index (χ2n) is 4.69. The van der Waals surface area contributed by atoms with Gasteiger partial charge in [-0.05, 0) is 28.1 Å². The lowest BCUT2D eigenvalue weighted by molar-refractivity contribution is -0.0835. The van der Waals surface area contributed by atoms with Gasteiger partial charge >= 0.3 is 6.09 Å². The van der Waals surface area contributed by atoms with Crippen LogP contribution in [0, 0.1) is 0 Å². The van der Waals surface area contributed by atoms with E-state index in [1.807, 2.05) is 0 Å². The molecule has 0 aromatic carbocycles. The lowest BCUT2D eigenvalue weighted by atomic mass is 9.93. The van der Waals surface area contributed by atoms with Gasteiger partial charge in [0.05, 0.1) is 12.1 Å². The first-order valence-corrected chi connectivity index (χ1v) is 7.11. The van der Waals surface area contributed by atoms with Crippen LogP contribution in [0.3, 0.4) is 0 Å². The highest BCUT2D eigenvalue weighted by Crippen LogP contribution is 2.28. The zero-order valence-electron chi connectivity index (χ0n) is 11.2. The van der Waals surface area contributed by atoms with E-state index >= 15 is 0 Å². The van der Waals surface area contributed by atoms with Crippen molar-refractivity contribution in [2.75, 3.05) is 31.8 Å². The van der Waals surface area contributed by atoms with Crippen LogP contribution < -0.4 is 4.90 Å². The Bertz CT molecular complexity index is 477. The molecule has 6 nitrogen and oxygen atoms in total. The Morgan fingerprint density at radius 2 is 2.25 bits per heavy atom. The van der Waals surface area contributed by atoms with Crippen molar-refractivity contribution in [2.24, 2.45) is 0 Å². The largest absolute Gasteiger partial charge is 0.465 e. The minimum atomic E-state index is -1.04. The van der Waals surface area contributed by atoms with Crippen molar-refractivity contribution in [3.05, 3.63) is 22.8 Å². The van der Waals surface area contributed by atoms with Crippen LogP contribution in [-0.4, -0.2) is 48.7 Å². The summed E-state index contributed by atoms with van der Waals surface area (Å²) in [6.45, 7) is 1.39. The summed E-state index contributed by atoms with van der Waals surface area (Å²) in [7, 11) is 1.61. The molecule has 0 atom stereocenters. The summed E-state index contributed by atoms with van der Waals surface area (Å²) in [4.78, 5) is 16.9. The van der Waals surface area contributed by atoms with Gasteiger partial charge in [0.15, 0.2) is 0 Å². The van der Waals surface area contributed by atoms with Crippen LogP contribution in [0.5, 0.6) is 0 Å². The van der Waals surface area contributed by atoms with Gasteiger partial charge in [0.2, 0.25) is 0 Å². The summed E-state index contributed by atoms with van der Waals surface area (Å²) in [5.74, 6) is 0.384. The van der Waals surface area contributed by atoms with Crippen LogP contribution in [0.4, 0.5) is 10.6 Å². The minimum absolute atomic E-state index is 0.242. The third-order valence-corrected chi connectivity index (χ3v) is 3.93. The molecule has 1 aromatic rings. The van der Waals surface area contributed by atoms with Gasteiger partial charge in [-0.25, -0.2) is 9.78 Å². The number of nitrogens with zero attached hydrogens (tertiary/aromatic N) is 2. The minimum Gasteiger partial charge on any atom is -0.465 e. The molecule has 0 spiro atoms.